The van der Waals surface area contributed by atoms with Crippen molar-refractivity contribution >= 4 is 18.5 Å². The minimum Gasteiger partial charge on any atom is -0.471 e. The molecule has 0 aliphatic carbocycles. The molecule has 1 aliphatic heterocycles. The molecule has 1 aromatic rings. The largest absolute Gasteiger partial charge is 0.532 e. The molecule has 106 valence electrons. The fourth-order valence-electron chi connectivity index (χ4n) is 2.18. The first-order valence-corrected chi connectivity index (χ1v) is 6.99. The lowest BCUT2D eigenvalue weighted by Crippen LogP contribution is -2.41. The van der Waals surface area contributed by atoms with Crippen LogP contribution in [0.1, 0.15) is 41.5 Å². The van der Waals surface area contributed by atoms with Crippen LogP contribution in [0.25, 0.3) is 0 Å². The summed E-state index contributed by atoms with van der Waals surface area (Å²) in [6.45, 7) is 14.3. The molecule has 0 saturated carbocycles. The van der Waals surface area contributed by atoms with E-state index in [9.17, 15) is 0 Å². The van der Waals surface area contributed by atoms with Gasteiger partial charge in [0.2, 0.25) is 0 Å². The lowest BCUT2D eigenvalue weighted by Gasteiger charge is -2.32. The molecule has 4 nitrogen and oxygen atoms in total. The number of hydrogen-bond acceptors (Lipinski definition) is 4. The summed E-state index contributed by atoms with van der Waals surface area (Å²) in [5.41, 5.74) is 1.15. The maximum absolute atomic E-state index is 5.98. The van der Waals surface area contributed by atoms with Gasteiger partial charge in [0.25, 0.3) is 0 Å². The SMILES string of the molecule is CCN(CC)c1coc(B2OC(C)(C)C(C)(C)O2)c1. The Labute approximate surface area is 116 Å². The van der Waals surface area contributed by atoms with Crippen molar-refractivity contribution in [3.05, 3.63) is 12.3 Å². The second-order valence-electron chi connectivity index (χ2n) is 5.97. The van der Waals surface area contributed by atoms with E-state index in [4.69, 9.17) is 13.7 Å². The first-order chi connectivity index (χ1) is 8.80. The highest BCUT2D eigenvalue weighted by atomic mass is 16.7. The van der Waals surface area contributed by atoms with E-state index in [0.29, 0.717) is 0 Å². The number of anilines is 1. The van der Waals surface area contributed by atoms with Crippen LogP contribution in [0.2, 0.25) is 0 Å². The molecule has 1 saturated heterocycles. The van der Waals surface area contributed by atoms with Crippen molar-refractivity contribution < 1.29 is 13.7 Å². The molecule has 2 rings (SSSR count). The van der Waals surface area contributed by atoms with Crippen molar-refractivity contribution in [2.45, 2.75) is 52.7 Å². The highest BCUT2D eigenvalue weighted by Gasteiger charge is 2.53. The summed E-state index contributed by atoms with van der Waals surface area (Å²) in [4.78, 5) is 2.23. The molecule has 0 aromatic carbocycles. The predicted molar refractivity (Wildman–Crippen MR) is 78.0 cm³/mol. The summed E-state index contributed by atoms with van der Waals surface area (Å²) in [6.07, 6.45) is 1.77. The van der Waals surface area contributed by atoms with E-state index >= 15 is 0 Å². The first-order valence-electron chi connectivity index (χ1n) is 6.99. The van der Waals surface area contributed by atoms with Gasteiger partial charge in [0.15, 0.2) is 0 Å². The van der Waals surface area contributed by atoms with Gasteiger partial charge in [-0.2, -0.15) is 0 Å². The van der Waals surface area contributed by atoms with Gasteiger partial charge in [0.1, 0.15) is 11.9 Å². The minimum atomic E-state index is -0.422. The normalized spacial score (nSPS) is 20.8. The van der Waals surface area contributed by atoms with Crippen LogP contribution in [0.15, 0.2) is 16.7 Å². The third kappa shape index (κ3) is 2.54. The van der Waals surface area contributed by atoms with Gasteiger partial charge in [-0.05, 0) is 47.6 Å². The van der Waals surface area contributed by atoms with Crippen LogP contribution in [0, 0.1) is 0 Å². The Morgan fingerprint density at radius 2 is 1.58 bits per heavy atom. The van der Waals surface area contributed by atoms with E-state index in [1.165, 1.54) is 0 Å². The highest BCUT2D eigenvalue weighted by molar-refractivity contribution is 6.60. The van der Waals surface area contributed by atoms with Crippen LogP contribution < -0.4 is 10.6 Å². The van der Waals surface area contributed by atoms with Crippen LogP contribution in [0.3, 0.4) is 0 Å². The summed E-state index contributed by atoms with van der Waals surface area (Å²) in [6, 6.07) is 2.01. The Kier molecular flexibility index (Phi) is 3.71. The van der Waals surface area contributed by atoms with Crippen molar-refractivity contribution in [2.24, 2.45) is 0 Å². The van der Waals surface area contributed by atoms with Crippen molar-refractivity contribution in [1.29, 1.82) is 0 Å². The quantitative estimate of drug-likeness (QED) is 0.783. The molecule has 5 heteroatoms. The summed E-state index contributed by atoms with van der Waals surface area (Å²) >= 11 is 0. The zero-order valence-electron chi connectivity index (χ0n) is 12.8. The molecule has 0 bridgehead atoms. The highest BCUT2D eigenvalue weighted by Crippen LogP contribution is 2.36. The summed E-state index contributed by atoms with van der Waals surface area (Å²) in [5.74, 6) is 0. The fourth-order valence-corrected chi connectivity index (χ4v) is 2.18. The van der Waals surface area contributed by atoms with Gasteiger partial charge in [-0.1, -0.05) is 0 Å². The molecule has 1 aliphatic rings. The zero-order chi connectivity index (χ0) is 14.3. The second-order valence-corrected chi connectivity index (χ2v) is 5.97. The molecule has 0 unspecified atom stereocenters. The van der Waals surface area contributed by atoms with Crippen molar-refractivity contribution in [3.8, 4) is 0 Å². The lowest BCUT2D eigenvalue weighted by molar-refractivity contribution is 0.00578. The number of hydrogen-bond donors (Lipinski definition) is 0. The molecule has 1 aromatic heterocycles. The topological polar surface area (TPSA) is 34.8 Å². The van der Waals surface area contributed by atoms with Crippen LogP contribution in [-0.2, 0) is 9.31 Å². The van der Waals surface area contributed by atoms with E-state index in [2.05, 4.69) is 18.7 Å². The Bertz CT molecular complexity index is 422. The summed E-state index contributed by atoms with van der Waals surface area (Å²) < 4.78 is 17.6. The van der Waals surface area contributed by atoms with Crippen LogP contribution in [-0.4, -0.2) is 31.4 Å². The van der Waals surface area contributed by atoms with E-state index < -0.39 is 7.12 Å². The van der Waals surface area contributed by atoms with E-state index in [1.54, 1.807) is 6.26 Å². The fraction of sp³-hybridized carbons (Fsp3) is 0.714. The second kappa shape index (κ2) is 4.87. The summed E-state index contributed by atoms with van der Waals surface area (Å²) in [7, 11) is -0.422. The Hall–Kier alpha value is -0.935. The molecule has 0 atom stereocenters. The molecular weight excluding hydrogens is 241 g/mol. The van der Waals surface area contributed by atoms with Gasteiger partial charge >= 0.3 is 7.12 Å². The Balaban J connectivity index is 2.17. The molecule has 19 heavy (non-hydrogen) atoms. The maximum Gasteiger partial charge on any atom is 0.532 e. The molecule has 0 radical (unpaired) electrons. The van der Waals surface area contributed by atoms with Crippen LogP contribution >= 0.6 is 0 Å². The monoisotopic (exact) mass is 265 g/mol. The Morgan fingerprint density at radius 1 is 1.05 bits per heavy atom. The average molecular weight is 265 g/mol. The Morgan fingerprint density at radius 3 is 2.05 bits per heavy atom. The van der Waals surface area contributed by atoms with Gasteiger partial charge in [0, 0.05) is 13.1 Å². The number of furan rings is 1. The summed E-state index contributed by atoms with van der Waals surface area (Å²) in [5, 5.41) is 0. The number of nitrogens with zero attached hydrogens (tertiary/aromatic N) is 1. The number of rotatable bonds is 4. The van der Waals surface area contributed by atoms with Gasteiger partial charge in [-0.15, -0.1) is 0 Å². The van der Waals surface area contributed by atoms with Gasteiger partial charge in [0.05, 0.1) is 16.9 Å². The maximum atomic E-state index is 5.98. The van der Waals surface area contributed by atoms with Crippen molar-refractivity contribution in [3.63, 3.8) is 0 Å². The standard InChI is InChI=1S/C14H24BNO3/c1-7-16(8-2)11-9-12(17-10-11)15-18-13(3,4)14(5,6)19-15/h9-10H,7-8H2,1-6H3. The molecule has 0 amide bonds. The van der Waals surface area contributed by atoms with Gasteiger partial charge in [-0.3, -0.25) is 0 Å². The first kappa shape index (κ1) is 14.5. The van der Waals surface area contributed by atoms with Crippen LogP contribution in [0.5, 0.6) is 0 Å². The molecule has 0 N–H and O–H groups in total. The minimum absolute atomic E-state index is 0.334. The van der Waals surface area contributed by atoms with Gasteiger partial charge < -0.3 is 18.6 Å². The third-order valence-electron chi connectivity index (χ3n) is 4.22. The van der Waals surface area contributed by atoms with Crippen molar-refractivity contribution in [2.75, 3.05) is 18.0 Å². The van der Waals surface area contributed by atoms with Crippen LogP contribution in [0.4, 0.5) is 5.69 Å². The molecule has 1 fully saturated rings. The van der Waals surface area contributed by atoms with Gasteiger partial charge in [-0.25, -0.2) is 0 Å². The van der Waals surface area contributed by atoms with E-state index in [0.717, 1.165) is 24.4 Å². The smallest absolute Gasteiger partial charge is 0.471 e. The van der Waals surface area contributed by atoms with E-state index in [1.807, 2.05) is 33.8 Å². The molecular formula is C14H24BNO3. The van der Waals surface area contributed by atoms with E-state index in [-0.39, 0.29) is 11.2 Å². The van der Waals surface area contributed by atoms with Crippen molar-refractivity contribution in [1.82, 2.24) is 0 Å². The predicted octanol–water partition coefficient (Wildman–Crippen LogP) is 2.43. The average Bonchev–Trinajstić information content (AvgIpc) is 2.85. The third-order valence-corrected chi connectivity index (χ3v) is 4.22. The zero-order valence-corrected chi connectivity index (χ0v) is 12.8. The molecule has 2 heterocycles. The molecule has 0 spiro atoms. The lowest BCUT2D eigenvalue weighted by atomic mass is 9.86.